The van der Waals surface area contributed by atoms with Gasteiger partial charge in [-0.15, -0.1) is 0 Å². The number of hydrogen-bond acceptors (Lipinski definition) is 5. The maximum absolute atomic E-state index is 12.5. The Hall–Kier alpha value is -2.58. The zero-order valence-electron chi connectivity index (χ0n) is 15.4. The fraction of sp³-hybridized carbons (Fsp3) is 0.316. The lowest BCUT2D eigenvalue weighted by Crippen LogP contribution is -2.25. The fourth-order valence-electron chi connectivity index (χ4n) is 2.31. The first-order valence-corrected chi connectivity index (χ1v) is 10.1. The molecule has 146 valence electrons. The molecule has 0 saturated carbocycles. The molecule has 0 bridgehead atoms. The highest BCUT2D eigenvalue weighted by atomic mass is 32.2. The number of methoxy groups -OCH3 is 1. The van der Waals surface area contributed by atoms with E-state index in [-0.39, 0.29) is 10.8 Å². The summed E-state index contributed by atoms with van der Waals surface area (Å²) in [7, 11) is -2.14. The van der Waals surface area contributed by atoms with Crippen molar-refractivity contribution in [3.8, 4) is 5.75 Å². The van der Waals surface area contributed by atoms with E-state index in [2.05, 4.69) is 10.0 Å². The normalized spacial score (nSPS) is 11.0. The lowest BCUT2D eigenvalue weighted by Gasteiger charge is -2.10. The molecule has 0 aromatic heterocycles. The number of carbonyl (C=O) groups excluding carboxylic acids is 1. The predicted molar refractivity (Wildman–Crippen MR) is 104 cm³/mol. The van der Waals surface area contributed by atoms with Crippen molar-refractivity contribution in [1.82, 2.24) is 5.32 Å². The number of carbonyl (C=O) groups is 1. The number of benzene rings is 2. The van der Waals surface area contributed by atoms with Crippen LogP contribution < -0.4 is 14.8 Å². The van der Waals surface area contributed by atoms with Crippen molar-refractivity contribution < 1.29 is 22.7 Å². The highest BCUT2D eigenvalue weighted by Gasteiger charge is 2.15. The first kappa shape index (κ1) is 20.7. The molecule has 2 aromatic rings. The van der Waals surface area contributed by atoms with Crippen molar-refractivity contribution in [2.24, 2.45) is 0 Å². The topological polar surface area (TPSA) is 93.7 Å². The maximum Gasteiger partial charge on any atom is 0.261 e. The summed E-state index contributed by atoms with van der Waals surface area (Å²) in [5.41, 5.74) is 0.825. The predicted octanol–water partition coefficient (Wildman–Crippen LogP) is 2.65. The number of anilines is 1. The maximum atomic E-state index is 12.5. The van der Waals surface area contributed by atoms with Crippen molar-refractivity contribution >= 4 is 21.6 Å². The summed E-state index contributed by atoms with van der Waals surface area (Å²) in [6.07, 6.45) is 0.709. The van der Waals surface area contributed by atoms with Gasteiger partial charge in [-0.2, -0.15) is 0 Å². The van der Waals surface area contributed by atoms with E-state index < -0.39 is 10.0 Å². The number of rotatable bonds is 10. The van der Waals surface area contributed by atoms with Crippen LogP contribution in [0.4, 0.5) is 5.69 Å². The summed E-state index contributed by atoms with van der Waals surface area (Å²) in [5.74, 6) is 0.413. The largest absolute Gasteiger partial charge is 0.494 e. The molecule has 0 radical (unpaired) electrons. The molecule has 2 rings (SSSR count). The number of nitrogens with one attached hydrogen (secondary N) is 2. The highest BCUT2D eigenvalue weighted by molar-refractivity contribution is 7.92. The van der Waals surface area contributed by atoms with E-state index in [4.69, 9.17) is 9.47 Å². The molecule has 0 aliphatic rings. The van der Waals surface area contributed by atoms with E-state index in [0.29, 0.717) is 43.2 Å². The van der Waals surface area contributed by atoms with Gasteiger partial charge in [-0.1, -0.05) is 0 Å². The molecule has 0 unspecified atom stereocenters. The molecule has 7 nitrogen and oxygen atoms in total. The van der Waals surface area contributed by atoms with Crippen molar-refractivity contribution in [3.05, 3.63) is 54.1 Å². The van der Waals surface area contributed by atoms with Crippen LogP contribution in [0.2, 0.25) is 0 Å². The zero-order valence-corrected chi connectivity index (χ0v) is 16.2. The van der Waals surface area contributed by atoms with Gasteiger partial charge in [-0.3, -0.25) is 9.52 Å². The van der Waals surface area contributed by atoms with Crippen LogP contribution in [-0.4, -0.2) is 41.2 Å². The second-order valence-electron chi connectivity index (χ2n) is 5.69. The van der Waals surface area contributed by atoms with Crippen molar-refractivity contribution in [2.45, 2.75) is 18.2 Å². The third kappa shape index (κ3) is 6.26. The molecule has 0 aliphatic heterocycles. The van der Waals surface area contributed by atoms with E-state index in [1.807, 2.05) is 6.92 Å². The molecule has 27 heavy (non-hydrogen) atoms. The Morgan fingerprint density at radius 2 is 1.70 bits per heavy atom. The Kier molecular flexibility index (Phi) is 7.63. The van der Waals surface area contributed by atoms with Crippen molar-refractivity contribution in [3.63, 3.8) is 0 Å². The van der Waals surface area contributed by atoms with Gasteiger partial charge in [0.05, 0.1) is 11.5 Å². The zero-order chi connectivity index (χ0) is 19.7. The summed E-state index contributed by atoms with van der Waals surface area (Å²) in [6.45, 7) is 3.47. The average Bonchev–Trinajstić information content (AvgIpc) is 2.67. The van der Waals surface area contributed by atoms with Crippen LogP contribution >= 0.6 is 0 Å². The molecule has 1 amide bonds. The number of sulfonamides is 1. The average molecular weight is 392 g/mol. The van der Waals surface area contributed by atoms with Gasteiger partial charge in [-0.25, -0.2) is 8.42 Å². The summed E-state index contributed by atoms with van der Waals surface area (Å²) in [4.78, 5) is 12.1. The van der Waals surface area contributed by atoms with Gasteiger partial charge in [0.2, 0.25) is 0 Å². The standard InChI is InChI=1S/C19H24N2O5S/c1-3-26-17-9-7-16(8-10-17)21-27(23,24)18-11-5-15(6-12-18)19(22)20-13-4-14-25-2/h5-12,21H,3-4,13-14H2,1-2H3,(H,20,22). The Bertz CT molecular complexity index is 833. The Balaban J connectivity index is 2.00. The Morgan fingerprint density at radius 3 is 2.30 bits per heavy atom. The van der Waals surface area contributed by atoms with E-state index >= 15 is 0 Å². The lowest BCUT2D eigenvalue weighted by atomic mass is 10.2. The third-order valence-corrected chi connectivity index (χ3v) is 5.05. The number of hydrogen-bond donors (Lipinski definition) is 2. The van der Waals surface area contributed by atoms with Gasteiger partial charge in [-0.05, 0) is 61.9 Å². The minimum Gasteiger partial charge on any atom is -0.494 e. The van der Waals surface area contributed by atoms with Crippen LogP contribution in [0.1, 0.15) is 23.7 Å². The second kappa shape index (κ2) is 9.94. The van der Waals surface area contributed by atoms with Crippen molar-refractivity contribution in [2.75, 3.05) is 31.6 Å². The van der Waals surface area contributed by atoms with Crippen LogP contribution in [0, 0.1) is 0 Å². The monoisotopic (exact) mass is 392 g/mol. The summed E-state index contributed by atoms with van der Waals surface area (Å²) in [5, 5.41) is 2.75. The Labute approximate surface area is 159 Å². The molecular formula is C19H24N2O5S. The molecule has 8 heteroatoms. The Morgan fingerprint density at radius 1 is 1.04 bits per heavy atom. The van der Waals surface area contributed by atoms with Gasteiger partial charge in [0, 0.05) is 31.5 Å². The van der Waals surface area contributed by atoms with Gasteiger partial charge in [0.25, 0.3) is 15.9 Å². The lowest BCUT2D eigenvalue weighted by molar-refractivity contribution is 0.0948. The van der Waals surface area contributed by atoms with E-state index in [1.165, 1.54) is 24.3 Å². The SMILES string of the molecule is CCOc1ccc(NS(=O)(=O)c2ccc(C(=O)NCCCOC)cc2)cc1. The first-order chi connectivity index (χ1) is 13.0. The molecule has 0 saturated heterocycles. The van der Waals surface area contributed by atoms with Crippen LogP contribution in [0.15, 0.2) is 53.4 Å². The molecule has 2 aromatic carbocycles. The van der Waals surface area contributed by atoms with Gasteiger partial charge >= 0.3 is 0 Å². The van der Waals surface area contributed by atoms with Crippen LogP contribution in [0.25, 0.3) is 0 Å². The van der Waals surface area contributed by atoms with Gasteiger partial charge < -0.3 is 14.8 Å². The smallest absolute Gasteiger partial charge is 0.261 e. The molecular weight excluding hydrogens is 368 g/mol. The summed E-state index contributed by atoms with van der Waals surface area (Å²) in [6, 6.07) is 12.4. The second-order valence-corrected chi connectivity index (χ2v) is 7.37. The minimum atomic E-state index is -3.74. The molecule has 0 spiro atoms. The molecule has 0 fully saturated rings. The minimum absolute atomic E-state index is 0.0762. The highest BCUT2D eigenvalue weighted by Crippen LogP contribution is 2.20. The molecule has 0 atom stereocenters. The van der Waals surface area contributed by atoms with Gasteiger partial charge in [0.15, 0.2) is 0 Å². The van der Waals surface area contributed by atoms with Crippen LogP contribution in [0.5, 0.6) is 5.75 Å². The number of amides is 1. The van der Waals surface area contributed by atoms with Crippen LogP contribution in [-0.2, 0) is 14.8 Å². The quantitative estimate of drug-likeness (QED) is 0.606. The number of ether oxygens (including phenoxy) is 2. The molecule has 2 N–H and O–H groups in total. The molecule has 0 aliphatic carbocycles. The summed E-state index contributed by atoms with van der Waals surface area (Å²) < 4.78 is 37.7. The van der Waals surface area contributed by atoms with Gasteiger partial charge in [0.1, 0.15) is 5.75 Å². The van der Waals surface area contributed by atoms with E-state index in [9.17, 15) is 13.2 Å². The van der Waals surface area contributed by atoms with E-state index in [1.54, 1.807) is 31.4 Å². The summed E-state index contributed by atoms with van der Waals surface area (Å²) >= 11 is 0. The third-order valence-electron chi connectivity index (χ3n) is 3.66. The van der Waals surface area contributed by atoms with E-state index in [0.717, 1.165) is 0 Å². The van der Waals surface area contributed by atoms with Crippen molar-refractivity contribution in [1.29, 1.82) is 0 Å². The first-order valence-electron chi connectivity index (χ1n) is 8.59. The molecule has 0 heterocycles. The van der Waals surface area contributed by atoms with Crippen LogP contribution in [0.3, 0.4) is 0 Å². The fourth-order valence-corrected chi connectivity index (χ4v) is 3.36.